The van der Waals surface area contributed by atoms with E-state index in [2.05, 4.69) is 78.3 Å². The van der Waals surface area contributed by atoms with E-state index >= 15 is 0 Å². The van der Waals surface area contributed by atoms with Gasteiger partial charge in [-0.15, -0.1) is 0 Å². The monoisotopic (exact) mass is 359 g/mol. The number of hydrogen-bond donors (Lipinski definition) is 0. The van der Waals surface area contributed by atoms with Crippen molar-refractivity contribution in [3.05, 3.63) is 60.7 Å². The van der Waals surface area contributed by atoms with Crippen molar-refractivity contribution in [3.63, 3.8) is 0 Å². The van der Waals surface area contributed by atoms with Crippen LogP contribution in [0.4, 0.5) is 0 Å². The summed E-state index contributed by atoms with van der Waals surface area (Å²) in [5.74, 6) is 1.13. The molecule has 2 aliphatic rings. The fraction of sp³-hybridized carbons (Fsp3) is 0.400. The van der Waals surface area contributed by atoms with Gasteiger partial charge in [-0.25, -0.2) is 0 Å². The van der Waals surface area contributed by atoms with Crippen LogP contribution in [0.25, 0.3) is 0 Å². The molecule has 2 saturated heterocycles. The Morgan fingerprint density at radius 2 is 1.62 bits per heavy atom. The Morgan fingerprint density at radius 1 is 1.04 bits per heavy atom. The van der Waals surface area contributed by atoms with Crippen LogP contribution >= 0.6 is 18.3 Å². The highest BCUT2D eigenvalue weighted by molar-refractivity contribution is 8.33. The normalized spacial score (nSPS) is 28.0. The standard InChI is InChI=1S/C20H26NOPS/c1-23-21-15-9-14-19(21)20(22-23)16-24(2,17-10-5-3-6-11-17)18-12-7-4-8-13-18/h3-8,10-13,19-20H,9,14-16H2,1-2H3/t19-,20+,23?/m1/s1. The Hall–Kier alpha value is -0.860. The van der Waals surface area contributed by atoms with Crippen molar-refractivity contribution in [2.24, 2.45) is 0 Å². The van der Waals surface area contributed by atoms with Gasteiger partial charge in [-0.1, -0.05) is 36.4 Å². The molecule has 2 fully saturated rings. The minimum atomic E-state index is -1.08. The van der Waals surface area contributed by atoms with Crippen LogP contribution in [-0.2, 0) is 4.52 Å². The second kappa shape index (κ2) is 6.80. The first-order valence-electron chi connectivity index (χ1n) is 8.72. The zero-order chi connectivity index (χ0) is 16.6. The lowest BCUT2D eigenvalue weighted by atomic mass is 10.1. The highest BCUT2D eigenvalue weighted by Gasteiger charge is 2.45. The molecule has 4 rings (SSSR count). The second-order valence-corrected chi connectivity index (χ2v) is 12.0. The van der Waals surface area contributed by atoms with Crippen molar-refractivity contribution in [3.8, 4) is 0 Å². The zero-order valence-electron chi connectivity index (χ0n) is 14.5. The molecule has 0 amide bonds. The van der Waals surface area contributed by atoms with Gasteiger partial charge < -0.3 is 4.52 Å². The van der Waals surface area contributed by atoms with Gasteiger partial charge in [-0.2, -0.15) is 10.0 Å². The first-order chi connectivity index (χ1) is 11.7. The van der Waals surface area contributed by atoms with Gasteiger partial charge in [0.1, 0.15) is 8.30 Å². The first kappa shape index (κ1) is 16.6. The molecule has 0 saturated carbocycles. The SMILES string of the molecule is CP1O[C@@H](CS(C)(c2ccccc2)c2ccccc2)[C@H]2CCCN21. The molecule has 2 aliphatic heterocycles. The van der Waals surface area contributed by atoms with Gasteiger partial charge in [0.05, 0.1) is 6.10 Å². The van der Waals surface area contributed by atoms with Crippen LogP contribution in [0.1, 0.15) is 12.8 Å². The summed E-state index contributed by atoms with van der Waals surface area (Å²) in [6.07, 6.45) is 5.48. The largest absolute Gasteiger partial charge is 0.338 e. The van der Waals surface area contributed by atoms with E-state index in [-0.39, 0.29) is 8.30 Å². The number of benzene rings is 2. The Bertz CT molecular complexity index is 641. The van der Waals surface area contributed by atoms with Crippen molar-refractivity contribution in [2.75, 3.05) is 25.2 Å². The predicted octanol–water partition coefficient (Wildman–Crippen LogP) is 5.34. The quantitative estimate of drug-likeness (QED) is 0.683. The molecule has 0 aliphatic carbocycles. The topological polar surface area (TPSA) is 12.5 Å². The average Bonchev–Trinajstić information content (AvgIpc) is 3.22. The summed E-state index contributed by atoms with van der Waals surface area (Å²) in [4.78, 5) is 2.94. The van der Waals surface area contributed by atoms with Crippen LogP contribution in [0.5, 0.6) is 0 Å². The molecule has 4 heteroatoms. The third-order valence-corrected chi connectivity index (χ3v) is 10.8. The number of nitrogens with zero attached hydrogens (tertiary/aromatic N) is 1. The van der Waals surface area contributed by atoms with Gasteiger partial charge in [0, 0.05) is 18.3 Å². The molecule has 2 aromatic carbocycles. The van der Waals surface area contributed by atoms with E-state index in [1.54, 1.807) is 0 Å². The lowest BCUT2D eigenvalue weighted by molar-refractivity contribution is 0.236. The zero-order valence-corrected chi connectivity index (χ0v) is 16.2. The molecule has 0 spiro atoms. The summed E-state index contributed by atoms with van der Waals surface area (Å²) in [5, 5.41) is 0. The summed E-state index contributed by atoms with van der Waals surface area (Å²) in [6.45, 7) is 3.51. The lowest BCUT2D eigenvalue weighted by Gasteiger charge is -2.39. The molecule has 3 atom stereocenters. The summed E-state index contributed by atoms with van der Waals surface area (Å²) in [6, 6.07) is 22.8. The fourth-order valence-electron chi connectivity index (χ4n) is 4.07. The van der Waals surface area contributed by atoms with Crippen LogP contribution in [0.2, 0.25) is 0 Å². The molecule has 2 nitrogen and oxygen atoms in total. The van der Waals surface area contributed by atoms with Gasteiger partial charge in [0.25, 0.3) is 0 Å². The van der Waals surface area contributed by atoms with Crippen LogP contribution in [0, 0.1) is 0 Å². The van der Waals surface area contributed by atoms with Gasteiger partial charge in [0.2, 0.25) is 0 Å². The third kappa shape index (κ3) is 2.93. The van der Waals surface area contributed by atoms with E-state index in [1.807, 2.05) is 0 Å². The smallest absolute Gasteiger partial charge is 0.101 e. The van der Waals surface area contributed by atoms with E-state index in [0.29, 0.717) is 12.1 Å². The molecule has 0 aromatic heterocycles. The van der Waals surface area contributed by atoms with Gasteiger partial charge in [-0.3, -0.25) is 4.67 Å². The van der Waals surface area contributed by atoms with E-state index in [9.17, 15) is 0 Å². The number of rotatable bonds is 4. The highest BCUT2D eigenvalue weighted by Crippen LogP contribution is 2.63. The number of fused-ring (bicyclic) bond motifs is 1. The van der Waals surface area contributed by atoms with Crippen molar-refractivity contribution in [1.29, 1.82) is 0 Å². The van der Waals surface area contributed by atoms with Gasteiger partial charge in [0.15, 0.2) is 0 Å². The Kier molecular flexibility index (Phi) is 4.70. The molecule has 0 radical (unpaired) electrons. The molecular weight excluding hydrogens is 333 g/mol. The maximum absolute atomic E-state index is 6.48. The Morgan fingerprint density at radius 3 is 2.21 bits per heavy atom. The highest BCUT2D eigenvalue weighted by atomic mass is 32.3. The van der Waals surface area contributed by atoms with Crippen molar-refractivity contribution >= 4 is 18.3 Å². The molecule has 128 valence electrons. The molecule has 2 heterocycles. The summed E-state index contributed by atoms with van der Waals surface area (Å²) in [5.41, 5.74) is 0. The maximum Gasteiger partial charge on any atom is 0.101 e. The van der Waals surface area contributed by atoms with E-state index in [4.69, 9.17) is 4.52 Å². The number of hydrogen-bond acceptors (Lipinski definition) is 2. The molecule has 1 unspecified atom stereocenters. The molecule has 24 heavy (non-hydrogen) atoms. The molecular formula is C20H26NOPS. The van der Waals surface area contributed by atoms with Crippen LogP contribution in [-0.4, -0.2) is 42.0 Å². The minimum Gasteiger partial charge on any atom is -0.338 e. The summed E-state index contributed by atoms with van der Waals surface area (Å²) in [7, 11) is -1.47. The molecule has 2 aromatic rings. The van der Waals surface area contributed by atoms with E-state index in [0.717, 1.165) is 5.75 Å². The van der Waals surface area contributed by atoms with E-state index in [1.165, 1.54) is 29.2 Å². The van der Waals surface area contributed by atoms with Crippen molar-refractivity contribution in [1.82, 2.24) is 4.67 Å². The van der Waals surface area contributed by atoms with Crippen molar-refractivity contribution < 1.29 is 4.52 Å². The first-order valence-corrected chi connectivity index (χ1v) is 12.6. The fourth-order valence-corrected chi connectivity index (χ4v) is 9.13. The van der Waals surface area contributed by atoms with Crippen LogP contribution < -0.4 is 0 Å². The van der Waals surface area contributed by atoms with Gasteiger partial charge >= 0.3 is 0 Å². The average molecular weight is 359 g/mol. The van der Waals surface area contributed by atoms with E-state index < -0.39 is 10.0 Å². The van der Waals surface area contributed by atoms with Crippen LogP contribution in [0.3, 0.4) is 0 Å². The third-order valence-electron chi connectivity index (χ3n) is 5.37. The van der Waals surface area contributed by atoms with Crippen LogP contribution in [0.15, 0.2) is 70.5 Å². The van der Waals surface area contributed by atoms with Crippen molar-refractivity contribution in [2.45, 2.75) is 34.8 Å². The minimum absolute atomic E-state index is 0.379. The molecule has 0 N–H and O–H groups in total. The predicted molar refractivity (Wildman–Crippen MR) is 105 cm³/mol. The maximum atomic E-state index is 6.48. The molecule has 0 bridgehead atoms. The van der Waals surface area contributed by atoms with Gasteiger partial charge in [-0.05, 0) is 59.8 Å². The Labute approximate surface area is 148 Å². The lowest BCUT2D eigenvalue weighted by Crippen LogP contribution is -2.32. The second-order valence-electron chi connectivity index (χ2n) is 6.86. The summed E-state index contributed by atoms with van der Waals surface area (Å²) < 4.78 is 9.11. The Balaban J connectivity index is 1.69. The summed E-state index contributed by atoms with van der Waals surface area (Å²) >= 11 is 0.